The second-order valence-corrected chi connectivity index (χ2v) is 7.87. The average Bonchev–Trinajstić information content (AvgIpc) is 3.15. The number of hydrogen-bond acceptors (Lipinski definition) is 5. The van der Waals surface area contributed by atoms with Crippen LogP contribution < -0.4 is 20.1 Å². The smallest absolute Gasteiger partial charge is 0.213 e. The van der Waals surface area contributed by atoms with Crippen LogP contribution in [0.2, 0.25) is 5.02 Å². The Labute approximate surface area is 177 Å². The van der Waals surface area contributed by atoms with Gasteiger partial charge in [0.25, 0.3) is 0 Å². The van der Waals surface area contributed by atoms with E-state index >= 15 is 0 Å². The Morgan fingerprint density at radius 3 is 2.59 bits per heavy atom. The van der Waals surface area contributed by atoms with Crippen LogP contribution in [-0.2, 0) is 18.5 Å². The lowest BCUT2D eigenvalue weighted by Gasteiger charge is -2.14. The topological polar surface area (TPSA) is 80.9 Å². The quantitative estimate of drug-likeness (QED) is 0.488. The van der Waals surface area contributed by atoms with E-state index in [1.807, 2.05) is 26.0 Å². The van der Waals surface area contributed by atoms with Gasteiger partial charge in [-0.2, -0.15) is 0 Å². The molecule has 0 bridgehead atoms. The zero-order chi connectivity index (χ0) is 21.4. The van der Waals surface area contributed by atoms with Crippen molar-refractivity contribution < 1.29 is 13.9 Å². The average molecular weight is 423 g/mol. The van der Waals surface area contributed by atoms with Crippen LogP contribution in [0.3, 0.4) is 0 Å². The first-order valence-electron chi connectivity index (χ1n) is 9.75. The molecular formula is C21H31ClN4O3. The molecule has 2 N–H and O–H groups in total. The van der Waals surface area contributed by atoms with Gasteiger partial charge in [-0.1, -0.05) is 32.4 Å². The summed E-state index contributed by atoms with van der Waals surface area (Å²) >= 11 is 6.34. The van der Waals surface area contributed by atoms with Crippen LogP contribution in [0.5, 0.6) is 11.5 Å². The summed E-state index contributed by atoms with van der Waals surface area (Å²) in [6.45, 7) is 12.3. The first kappa shape index (κ1) is 22.9. The molecule has 0 aliphatic rings. The van der Waals surface area contributed by atoms with Crippen LogP contribution in [-0.4, -0.2) is 31.2 Å². The Morgan fingerprint density at radius 1 is 1.24 bits per heavy atom. The number of guanidine groups is 1. The van der Waals surface area contributed by atoms with Crippen molar-refractivity contribution in [1.82, 2.24) is 15.6 Å². The standard InChI is InChI=1S/C21H31ClN4O3/c1-7-23-20(26-13-18-24-12-17(29-18)21(3,4)5)25-11-14-9-15(22)19(28-8-2)16(10-14)27-6/h9-10,12H,7-8,11,13H2,1-6H3,(H2,23,25,26). The molecule has 0 unspecified atom stereocenters. The molecule has 0 spiro atoms. The predicted octanol–water partition coefficient (Wildman–Crippen LogP) is 4.29. The molecule has 2 rings (SSSR count). The van der Waals surface area contributed by atoms with Gasteiger partial charge in [-0.05, 0) is 31.5 Å². The first-order valence-corrected chi connectivity index (χ1v) is 10.1. The van der Waals surface area contributed by atoms with Gasteiger partial charge in [-0.25, -0.2) is 9.98 Å². The zero-order valence-electron chi connectivity index (χ0n) is 18.1. The maximum absolute atomic E-state index is 6.34. The van der Waals surface area contributed by atoms with Crippen LogP contribution in [0.25, 0.3) is 0 Å². The Balaban J connectivity index is 2.09. The number of aliphatic imine (C=N–C) groups is 1. The lowest BCUT2D eigenvalue weighted by Crippen LogP contribution is -2.36. The Bertz CT molecular complexity index is 828. The molecule has 1 heterocycles. The van der Waals surface area contributed by atoms with Crippen molar-refractivity contribution in [2.24, 2.45) is 4.99 Å². The number of nitrogens with zero attached hydrogens (tertiary/aromatic N) is 2. The van der Waals surface area contributed by atoms with Gasteiger partial charge in [-0.15, -0.1) is 0 Å². The molecule has 0 saturated heterocycles. The number of hydrogen-bond donors (Lipinski definition) is 2. The van der Waals surface area contributed by atoms with Gasteiger partial charge >= 0.3 is 0 Å². The zero-order valence-corrected chi connectivity index (χ0v) is 18.8. The summed E-state index contributed by atoms with van der Waals surface area (Å²) in [5.74, 6) is 3.27. The van der Waals surface area contributed by atoms with Crippen molar-refractivity contribution >= 4 is 17.6 Å². The van der Waals surface area contributed by atoms with Gasteiger partial charge in [0.15, 0.2) is 17.5 Å². The van der Waals surface area contributed by atoms with Gasteiger partial charge < -0.3 is 24.5 Å². The second kappa shape index (κ2) is 10.4. The lowest BCUT2D eigenvalue weighted by molar-refractivity contribution is 0.311. The number of halogens is 1. The summed E-state index contributed by atoms with van der Waals surface area (Å²) in [5, 5.41) is 6.96. The third-order valence-electron chi connectivity index (χ3n) is 4.04. The largest absolute Gasteiger partial charge is 0.493 e. The number of methoxy groups -OCH3 is 1. The van der Waals surface area contributed by atoms with Crippen LogP contribution in [0, 0.1) is 0 Å². The van der Waals surface area contributed by atoms with Crippen LogP contribution in [0.1, 0.15) is 51.8 Å². The van der Waals surface area contributed by atoms with E-state index in [4.69, 9.17) is 25.5 Å². The molecule has 29 heavy (non-hydrogen) atoms. The van der Waals surface area contributed by atoms with Crippen LogP contribution in [0.15, 0.2) is 27.7 Å². The summed E-state index contributed by atoms with van der Waals surface area (Å²) in [4.78, 5) is 8.95. The number of benzene rings is 1. The minimum absolute atomic E-state index is 0.0736. The summed E-state index contributed by atoms with van der Waals surface area (Å²) in [5.41, 5.74) is 0.842. The minimum atomic E-state index is -0.0736. The van der Waals surface area contributed by atoms with Crippen LogP contribution >= 0.6 is 11.6 Å². The molecule has 160 valence electrons. The number of ether oxygens (including phenoxy) is 2. The van der Waals surface area contributed by atoms with Crippen molar-refractivity contribution in [3.05, 3.63) is 40.6 Å². The molecule has 0 fully saturated rings. The molecule has 0 radical (unpaired) electrons. The molecular weight excluding hydrogens is 392 g/mol. The Kier molecular flexibility index (Phi) is 8.20. The van der Waals surface area contributed by atoms with E-state index in [0.29, 0.717) is 48.1 Å². The van der Waals surface area contributed by atoms with Crippen molar-refractivity contribution in [3.63, 3.8) is 0 Å². The fraction of sp³-hybridized carbons (Fsp3) is 0.524. The van der Waals surface area contributed by atoms with Crippen molar-refractivity contribution in [1.29, 1.82) is 0 Å². The fourth-order valence-electron chi connectivity index (χ4n) is 2.56. The van der Waals surface area contributed by atoms with E-state index in [0.717, 1.165) is 17.9 Å². The van der Waals surface area contributed by atoms with Gasteiger partial charge in [0.2, 0.25) is 5.89 Å². The van der Waals surface area contributed by atoms with E-state index in [1.165, 1.54) is 0 Å². The van der Waals surface area contributed by atoms with E-state index in [-0.39, 0.29) is 5.41 Å². The lowest BCUT2D eigenvalue weighted by atomic mass is 9.94. The van der Waals surface area contributed by atoms with E-state index in [1.54, 1.807) is 13.3 Å². The Morgan fingerprint density at radius 2 is 2.00 bits per heavy atom. The number of nitrogens with one attached hydrogen (secondary N) is 2. The maximum atomic E-state index is 6.34. The summed E-state index contributed by atoms with van der Waals surface area (Å²) < 4.78 is 16.8. The fourth-order valence-corrected chi connectivity index (χ4v) is 2.85. The molecule has 0 saturated carbocycles. The van der Waals surface area contributed by atoms with E-state index in [9.17, 15) is 0 Å². The predicted molar refractivity (Wildman–Crippen MR) is 116 cm³/mol. The third kappa shape index (κ3) is 6.56. The van der Waals surface area contributed by atoms with E-state index < -0.39 is 0 Å². The number of aromatic nitrogens is 1. The summed E-state index contributed by atoms with van der Waals surface area (Å²) in [7, 11) is 1.59. The Hall–Kier alpha value is -2.41. The third-order valence-corrected chi connectivity index (χ3v) is 4.32. The molecule has 1 aromatic carbocycles. The molecule has 0 atom stereocenters. The van der Waals surface area contributed by atoms with E-state index in [2.05, 4.69) is 41.4 Å². The van der Waals surface area contributed by atoms with Gasteiger partial charge in [0.05, 0.1) is 38.0 Å². The van der Waals surface area contributed by atoms with Crippen molar-refractivity contribution in [3.8, 4) is 11.5 Å². The first-order chi connectivity index (χ1) is 13.8. The highest BCUT2D eigenvalue weighted by molar-refractivity contribution is 6.32. The molecule has 7 nitrogen and oxygen atoms in total. The minimum Gasteiger partial charge on any atom is -0.493 e. The molecule has 0 aliphatic heterocycles. The highest BCUT2D eigenvalue weighted by Crippen LogP contribution is 2.36. The summed E-state index contributed by atoms with van der Waals surface area (Å²) in [6, 6.07) is 3.72. The van der Waals surface area contributed by atoms with Crippen molar-refractivity contribution in [2.75, 3.05) is 20.3 Å². The molecule has 0 amide bonds. The number of oxazole rings is 1. The second-order valence-electron chi connectivity index (χ2n) is 7.46. The van der Waals surface area contributed by atoms with Gasteiger partial charge in [-0.3, -0.25) is 0 Å². The number of rotatable bonds is 8. The summed E-state index contributed by atoms with van der Waals surface area (Å²) in [6.07, 6.45) is 1.77. The normalized spacial score (nSPS) is 12.0. The van der Waals surface area contributed by atoms with Crippen molar-refractivity contribution in [2.45, 2.75) is 53.1 Å². The molecule has 2 aromatic rings. The van der Waals surface area contributed by atoms with Gasteiger partial charge in [0.1, 0.15) is 5.76 Å². The van der Waals surface area contributed by atoms with Gasteiger partial charge in [0, 0.05) is 12.0 Å². The SMILES string of the molecule is CCNC(=NCc1cc(Cl)c(OCC)c(OC)c1)NCc1ncc(C(C)(C)C)o1. The monoisotopic (exact) mass is 422 g/mol. The maximum Gasteiger partial charge on any atom is 0.213 e. The van der Waals surface area contributed by atoms with Crippen LogP contribution in [0.4, 0.5) is 0 Å². The highest BCUT2D eigenvalue weighted by Gasteiger charge is 2.19. The highest BCUT2D eigenvalue weighted by atomic mass is 35.5. The molecule has 8 heteroatoms. The molecule has 0 aliphatic carbocycles. The molecule has 1 aromatic heterocycles.